The van der Waals surface area contributed by atoms with Crippen LogP contribution < -0.4 is 10.6 Å². The van der Waals surface area contributed by atoms with Gasteiger partial charge in [-0.1, -0.05) is 12.1 Å². The lowest BCUT2D eigenvalue weighted by Crippen LogP contribution is -2.14. The van der Waals surface area contributed by atoms with E-state index >= 15 is 0 Å². The molecular weight excluding hydrogens is 466 g/mol. The van der Waals surface area contributed by atoms with Gasteiger partial charge in [-0.05, 0) is 72.4 Å². The predicted octanol–water partition coefficient (Wildman–Crippen LogP) is 6.14. The first kappa shape index (κ1) is 21.8. The topological polar surface area (TPSA) is 54.9 Å². The molecule has 1 heterocycles. The molecule has 9 heteroatoms. The maximum absolute atomic E-state index is 13.2. The maximum Gasteiger partial charge on any atom is 0.416 e. The van der Waals surface area contributed by atoms with Crippen LogP contribution in [0.2, 0.25) is 0 Å². The van der Waals surface area contributed by atoms with Crippen LogP contribution in [0.15, 0.2) is 41.1 Å². The highest BCUT2D eigenvalue weighted by atomic mass is 79.9. The molecule has 1 N–H and O–H groups in total. The summed E-state index contributed by atoms with van der Waals surface area (Å²) in [5, 5.41) is 4.51. The fourth-order valence-corrected chi connectivity index (χ4v) is 5.94. The molecule has 1 unspecified atom stereocenters. The Morgan fingerprint density at radius 2 is 1.86 bits per heavy atom. The SMILES string of the molecule is Cc1c(C(C)Nc2ncnc3cc(Br)c(P(C)(C)=O)cc23)cccc1C(F)(F)F. The molecule has 0 amide bonds. The minimum atomic E-state index is -4.41. The van der Waals surface area contributed by atoms with Crippen molar-refractivity contribution in [2.24, 2.45) is 0 Å². The van der Waals surface area contributed by atoms with Gasteiger partial charge in [0, 0.05) is 15.2 Å². The molecule has 0 saturated carbocycles. The third-order valence-corrected chi connectivity index (χ3v) is 7.28. The number of nitrogens with zero attached hydrogens (tertiary/aromatic N) is 2. The molecule has 3 rings (SSSR count). The van der Waals surface area contributed by atoms with Crippen molar-refractivity contribution in [2.45, 2.75) is 26.1 Å². The molecule has 29 heavy (non-hydrogen) atoms. The summed E-state index contributed by atoms with van der Waals surface area (Å²) in [5.74, 6) is 0.474. The Kier molecular flexibility index (Phi) is 5.80. The monoisotopic (exact) mass is 485 g/mol. The van der Waals surface area contributed by atoms with E-state index in [0.717, 1.165) is 6.07 Å². The number of rotatable bonds is 4. The molecule has 0 aliphatic rings. The van der Waals surface area contributed by atoms with Gasteiger partial charge in [0.1, 0.15) is 19.3 Å². The molecule has 0 saturated heterocycles. The number of fused-ring (bicyclic) bond motifs is 1. The number of hydrogen-bond acceptors (Lipinski definition) is 4. The maximum atomic E-state index is 13.2. The van der Waals surface area contributed by atoms with E-state index in [-0.39, 0.29) is 5.56 Å². The molecule has 0 aliphatic heterocycles. The molecule has 154 valence electrons. The normalized spacial score (nSPS) is 13.5. The fourth-order valence-electron chi connectivity index (χ4n) is 3.31. The lowest BCUT2D eigenvalue weighted by molar-refractivity contribution is -0.138. The zero-order valence-electron chi connectivity index (χ0n) is 16.3. The summed E-state index contributed by atoms with van der Waals surface area (Å²) in [6.45, 7) is 6.59. The van der Waals surface area contributed by atoms with Gasteiger partial charge in [0.05, 0.1) is 17.1 Å². The Morgan fingerprint density at radius 3 is 2.48 bits per heavy atom. The molecule has 4 nitrogen and oxygen atoms in total. The van der Waals surface area contributed by atoms with Gasteiger partial charge in [-0.25, -0.2) is 9.97 Å². The first-order valence-electron chi connectivity index (χ1n) is 8.82. The van der Waals surface area contributed by atoms with Gasteiger partial charge in [-0.3, -0.25) is 0 Å². The Bertz CT molecular complexity index is 1130. The smallest absolute Gasteiger partial charge is 0.363 e. The van der Waals surface area contributed by atoms with Crippen molar-refractivity contribution >= 4 is 45.1 Å². The van der Waals surface area contributed by atoms with Crippen molar-refractivity contribution in [3.63, 3.8) is 0 Å². The molecular formula is C20H20BrF3N3OP. The van der Waals surface area contributed by atoms with Crippen molar-refractivity contribution < 1.29 is 17.7 Å². The highest BCUT2D eigenvalue weighted by Crippen LogP contribution is 2.40. The summed E-state index contributed by atoms with van der Waals surface area (Å²) in [6, 6.07) is 7.26. The van der Waals surface area contributed by atoms with Crippen LogP contribution in [0.4, 0.5) is 19.0 Å². The quantitative estimate of drug-likeness (QED) is 0.451. The van der Waals surface area contributed by atoms with Crippen LogP contribution in [0.1, 0.15) is 29.7 Å². The summed E-state index contributed by atoms with van der Waals surface area (Å²) in [5.41, 5.74) is 0.689. The Balaban J connectivity index is 2.06. The number of anilines is 1. The summed E-state index contributed by atoms with van der Waals surface area (Å²) < 4.78 is 53.1. The summed E-state index contributed by atoms with van der Waals surface area (Å²) in [7, 11) is -2.56. The van der Waals surface area contributed by atoms with Crippen molar-refractivity contribution in [3.8, 4) is 0 Å². The summed E-state index contributed by atoms with van der Waals surface area (Å²) in [6.07, 6.45) is -3.02. The molecule has 2 aromatic carbocycles. The van der Waals surface area contributed by atoms with Crippen molar-refractivity contribution in [3.05, 3.63) is 57.8 Å². The van der Waals surface area contributed by atoms with Crippen molar-refractivity contribution in [1.82, 2.24) is 9.97 Å². The van der Waals surface area contributed by atoms with E-state index in [1.165, 1.54) is 19.3 Å². The van der Waals surface area contributed by atoms with E-state index < -0.39 is 24.9 Å². The number of nitrogens with one attached hydrogen (secondary N) is 1. The molecule has 0 radical (unpaired) electrons. The van der Waals surface area contributed by atoms with Crippen LogP contribution in [0.3, 0.4) is 0 Å². The second kappa shape index (κ2) is 7.73. The summed E-state index contributed by atoms with van der Waals surface area (Å²) in [4.78, 5) is 8.53. The Labute approximate surface area is 175 Å². The number of hydrogen-bond donors (Lipinski definition) is 1. The fraction of sp³-hybridized carbons (Fsp3) is 0.300. The van der Waals surface area contributed by atoms with E-state index in [2.05, 4.69) is 31.2 Å². The van der Waals surface area contributed by atoms with Crippen LogP contribution in [0, 0.1) is 6.92 Å². The van der Waals surface area contributed by atoms with Crippen LogP contribution in [0.5, 0.6) is 0 Å². The van der Waals surface area contributed by atoms with Gasteiger partial charge in [0.2, 0.25) is 0 Å². The molecule has 1 atom stereocenters. The zero-order valence-corrected chi connectivity index (χ0v) is 18.8. The van der Waals surface area contributed by atoms with Crippen molar-refractivity contribution in [2.75, 3.05) is 18.6 Å². The van der Waals surface area contributed by atoms with E-state index in [4.69, 9.17) is 0 Å². The van der Waals surface area contributed by atoms with Gasteiger partial charge in [0.15, 0.2) is 0 Å². The number of aromatic nitrogens is 2. The Morgan fingerprint density at radius 1 is 1.17 bits per heavy atom. The highest BCUT2D eigenvalue weighted by Gasteiger charge is 2.33. The molecule has 0 spiro atoms. The van der Waals surface area contributed by atoms with Crippen LogP contribution in [-0.4, -0.2) is 23.3 Å². The summed E-state index contributed by atoms with van der Waals surface area (Å²) >= 11 is 3.44. The third kappa shape index (κ3) is 4.48. The second-order valence-corrected chi connectivity index (χ2v) is 11.3. The first-order valence-corrected chi connectivity index (χ1v) is 12.2. The van der Waals surface area contributed by atoms with Gasteiger partial charge >= 0.3 is 6.18 Å². The first-order chi connectivity index (χ1) is 13.4. The van der Waals surface area contributed by atoms with Gasteiger partial charge in [0.25, 0.3) is 0 Å². The molecule has 0 fully saturated rings. The second-order valence-electron chi connectivity index (χ2n) is 7.28. The largest absolute Gasteiger partial charge is 0.416 e. The average molecular weight is 486 g/mol. The van der Waals surface area contributed by atoms with Gasteiger partial charge < -0.3 is 9.88 Å². The number of benzene rings is 2. The van der Waals surface area contributed by atoms with Gasteiger partial charge in [-0.2, -0.15) is 13.2 Å². The van der Waals surface area contributed by atoms with Crippen molar-refractivity contribution in [1.29, 1.82) is 0 Å². The van der Waals surface area contributed by atoms with Crippen LogP contribution >= 0.6 is 23.1 Å². The minimum Gasteiger partial charge on any atom is -0.363 e. The average Bonchev–Trinajstić information content (AvgIpc) is 2.59. The molecule has 1 aromatic heterocycles. The van der Waals surface area contributed by atoms with E-state index in [1.807, 2.05) is 0 Å². The zero-order chi connectivity index (χ0) is 21.6. The highest BCUT2D eigenvalue weighted by molar-refractivity contribution is 9.10. The molecule has 0 bridgehead atoms. The van der Waals surface area contributed by atoms with E-state index in [9.17, 15) is 17.7 Å². The van der Waals surface area contributed by atoms with Crippen LogP contribution in [-0.2, 0) is 10.7 Å². The van der Waals surface area contributed by atoms with Crippen LogP contribution in [0.25, 0.3) is 10.9 Å². The number of halogens is 4. The predicted molar refractivity (Wildman–Crippen MR) is 115 cm³/mol. The van der Waals surface area contributed by atoms with E-state index in [0.29, 0.717) is 32.1 Å². The Hall–Kier alpha value is -1.92. The lowest BCUT2D eigenvalue weighted by Gasteiger charge is -2.21. The molecule has 3 aromatic rings. The standard InChI is InChI=1S/C20H20BrF3N3OP/c1-11-13(6-5-7-15(11)20(22,23)24)12(2)27-19-14-8-18(29(3,4)28)16(21)9-17(14)25-10-26-19/h5-10,12H,1-4H3,(H,25,26,27). The molecule has 0 aliphatic carbocycles. The lowest BCUT2D eigenvalue weighted by atomic mass is 9.97. The van der Waals surface area contributed by atoms with Gasteiger partial charge in [-0.15, -0.1) is 0 Å². The third-order valence-electron chi connectivity index (χ3n) is 4.78. The van der Waals surface area contributed by atoms with E-state index in [1.54, 1.807) is 38.5 Å². The number of alkyl halides is 3. The minimum absolute atomic E-state index is 0.174.